The zero-order valence-corrected chi connectivity index (χ0v) is 40.6. The van der Waals surface area contributed by atoms with E-state index in [0.717, 1.165) is 127 Å². The molecule has 6 nitrogen and oxygen atoms in total. The Kier molecular flexibility index (Phi) is 10.4. The number of nitrogens with zero attached hydrogens (tertiary/aromatic N) is 4. The predicted molar refractivity (Wildman–Crippen MR) is 310 cm³/mol. The van der Waals surface area contributed by atoms with Crippen molar-refractivity contribution < 1.29 is 8.83 Å². The van der Waals surface area contributed by atoms with Gasteiger partial charge in [0.05, 0.1) is 22.3 Å². The molecule has 0 aliphatic heterocycles. The molecule has 0 saturated carbocycles. The fourth-order valence-corrected chi connectivity index (χ4v) is 11.0. The summed E-state index contributed by atoms with van der Waals surface area (Å²) in [5.41, 5.74) is 17.1. The normalized spacial score (nSPS) is 11.9. The lowest BCUT2D eigenvalue weighted by Gasteiger charge is -2.21. The first-order chi connectivity index (χ1) is 37.1. The molecule has 14 aromatic rings. The summed E-state index contributed by atoms with van der Waals surface area (Å²) in [6, 6.07) is 78.4. The minimum atomic E-state index is 0.493. The van der Waals surface area contributed by atoms with Crippen molar-refractivity contribution in [1.82, 2.24) is 19.5 Å². The second-order valence-electron chi connectivity index (χ2n) is 18.7. The topological polar surface area (TPSA) is 69.9 Å². The smallest absolute Gasteiger partial charge is 0.167 e. The molecule has 0 fully saturated rings. The van der Waals surface area contributed by atoms with E-state index in [4.69, 9.17) is 23.8 Å². The average molecular weight is 961 g/mol. The van der Waals surface area contributed by atoms with Gasteiger partial charge in [0.15, 0.2) is 17.5 Å². The number of fused-ring (bicyclic) bond motifs is 9. The van der Waals surface area contributed by atoms with E-state index in [2.05, 4.69) is 182 Å². The van der Waals surface area contributed by atoms with Crippen LogP contribution in [0.1, 0.15) is 5.56 Å². The Morgan fingerprint density at radius 3 is 1.63 bits per heavy atom. The second-order valence-corrected chi connectivity index (χ2v) is 18.7. The third-order valence-corrected chi connectivity index (χ3v) is 14.4. The van der Waals surface area contributed by atoms with Gasteiger partial charge in [-0.15, -0.1) is 0 Å². The van der Waals surface area contributed by atoms with Crippen molar-refractivity contribution in [1.29, 1.82) is 0 Å². The number of hydrogen-bond acceptors (Lipinski definition) is 5. The van der Waals surface area contributed by atoms with Crippen LogP contribution in [0.5, 0.6) is 0 Å². The Morgan fingerprint density at radius 1 is 0.387 bits per heavy atom. The van der Waals surface area contributed by atoms with Gasteiger partial charge in [-0.25, -0.2) is 15.0 Å². The molecule has 4 heterocycles. The second kappa shape index (κ2) is 17.8. The molecule has 0 aliphatic rings. The molecule has 0 radical (unpaired) electrons. The van der Waals surface area contributed by atoms with Crippen LogP contribution in [0.4, 0.5) is 0 Å². The van der Waals surface area contributed by atoms with Crippen molar-refractivity contribution in [3.63, 3.8) is 0 Å². The third-order valence-electron chi connectivity index (χ3n) is 14.4. The average Bonchev–Trinajstić information content (AvgIpc) is 4.17. The summed E-state index contributed by atoms with van der Waals surface area (Å²) >= 11 is 0. The largest absolute Gasteiger partial charge is 0.456 e. The van der Waals surface area contributed by atoms with Crippen molar-refractivity contribution in [2.75, 3.05) is 0 Å². The number of rotatable bonds is 10. The summed E-state index contributed by atoms with van der Waals surface area (Å²) in [5.74, 6) is 1.52. The molecule has 4 aromatic heterocycles. The van der Waals surface area contributed by atoms with Crippen LogP contribution >= 0.6 is 0 Å². The maximum atomic E-state index is 6.67. The van der Waals surface area contributed by atoms with Crippen LogP contribution in [-0.4, -0.2) is 19.5 Å². The molecule has 0 unspecified atom stereocenters. The van der Waals surface area contributed by atoms with Crippen molar-refractivity contribution >= 4 is 71.3 Å². The summed E-state index contributed by atoms with van der Waals surface area (Å²) in [7, 11) is 0. The first kappa shape index (κ1) is 43.6. The predicted octanol–water partition coefficient (Wildman–Crippen LogP) is 18.5. The molecule has 0 saturated heterocycles. The lowest BCUT2D eigenvalue weighted by molar-refractivity contribution is 0.668. The summed E-state index contributed by atoms with van der Waals surface area (Å²) < 4.78 is 15.5. The highest BCUT2D eigenvalue weighted by Gasteiger charge is 2.25. The van der Waals surface area contributed by atoms with Gasteiger partial charge < -0.3 is 13.4 Å². The highest BCUT2D eigenvalue weighted by atomic mass is 16.3. The van der Waals surface area contributed by atoms with Crippen molar-refractivity contribution in [2.45, 2.75) is 0 Å². The molecule has 0 amide bonds. The minimum Gasteiger partial charge on any atom is -0.456 e. The Bertz CT molecular complexity index is 4560. The van der Waals surface area contributed by atoms with E-state index >= 15 is 0 Å². The lowest BCUT2D eigenvalue weighted by Crippen LogP contribution is -2.04. The molecule has 75 heavy (non-hydrogen) atoms. The molecule has 14 rings (SSSR count). The molecular formula is C69H44N4O2. The van der Waals surface area contributed by atoms with Gasteiger partial charge in [-0.2, -0.15) is 0 Å². The summed E-state index contributed by atoms with van der Waals surface area (Å²) in [6.07, 6.45) is 5.72. The number of benzene rings is 10. The summed E-state index contributed by atoms with van der Waals surface area (Å²) in [6.45, 7) is 8.19. The molecule has 0 bridgehead atoms. The van der Waals surface area contributed by atoms with Gasteiger partial charge in [0, 0.05) is 54.6 Å². The van der Waals surface area contributed by atoms with Gasteiger partial charge >= 0.3 is 0 Å². The van der Waals surface area contributed by atoms with Gasteiger partial charge in [0.1, 0.15) is 22.3 Å². The van der Waals surface area contributed by atoms with Crippen LogP contribution in [-0.2, 0) is 0 Å². The van der Waals surface area contributed by atoms with E-state index in [1.807, 2.05) is 78.9 Å². The van der Waals surface area contributed by atoms with Gasteiger partial charge in [0.25, 0.3) is 0 Å². The molecule has 0 aliphatic carbocycles. The first-order valence-electron chi connectivity index (χ1n) is 25.1. The fourth-order valence-electron chi connectivity index (χ4n) is 11.0. The number of aromatic nitrogens is 4. The summed E-state index contributed by atoms with van der Waals surface area (Å²) in [4.78, 5) is 16.3. The minimum absolute atomic E-state index is 0.493. The van der Waals surface area contributed by atoms with Gasteiger partial charge in [0.2, 0.25) is 0 Å². The van der Waals surface area contributed by atoms with Crippen molar-refractivity contribution in [3.05, 3.63) is 261 Å². The Balaban J connectivity index is 1.09. The SMILES string of the molecule is C=C/C=C(\C=C)c1ccc2c(c1)c1cc(-c3ccccc3)ccc1n2-c1c(-c2ccccc2)cc(-c2nc(-c3cccc4c3oc3ccccc34)nc(-c3cccc4oc5ccccc5c34)n2)cc1-c1ccccc1. The van der Waals surface area contributed by atoms with Crippen molar-refractivity contribution in [3.8, 4) is 73.2 Å². The first-order valence-corrected chi connectivity index (χ1v) is 25.1. The zero-order chi connectivity index (χ0) is 50.0. The monoisotopic (exact) mass is 960 g/mol. The Morgan fingerprint density at radius 2 is 0.933 bits per heavy atom. The quantitative estimate of drug-likeness (QED) is 0.128. The number of allylic oxidation sites excluding steroid dienone is 4. The molecule has 10 aromatic carbocycles. The van der Waals surface area contributed by atoms with E-state index in [0.29, 0.717) is 23.1 Å². The molecule has 0 atom stereocenters. The standard InChI is InChI=1S/C69H44N4O2/c1-3-20-43(4-2)47-35-37-59-57(39-47)58-40-48(44-21-8-5-9-22-44)36-38-60(58)73(59)65-55(45-23-10-6-11-24-45)41-49(42-56(65)46-25-12-7-13-26-46)67-70-68(53-30-19-34-63-64(53)52-28-15-17-33-62(52)74-63)72-69(71-67)54-31-18-29-51-50-27-14-16-32-61(50)75-66(51)54/h3-42H,1-2H2/b43-20+. The number of hydrogen-bond donors (Lipinski definition) is 0. The molecular weight excluding hydrogens is 917 g/mol. The maximum absolute atomic E-state index is 6.67. The molecule has 6 heteroatoms. The van der Waals surface area contributed by atoms with Crippen LogP contribution in [0, 0.1) is 0 Å². The van der Waals surface area contributed by atoms with Crippen LogP contribution in [0.15, 0.2) is 265 Å². The third kappa shape index (κ3) is 7.30. The van der Waals surface area contributed by atoms with Gasteiger partial charge in [-0.05, 0) is 94.1 Å². The van der Waals surface area contributed by atoms with Crippen LogP contribution < -0.4 is 0 Å². The van der Waals surface area contributed by atoms with Gasteiger partial charge in [-0.1, -0.05) is 195 Å². The van der Waals surface area contributed by atoms with Crippen LogP contribution in [0.3, 0.4) is 0 Å². The van der Waals surface area contributed by atoms with Crippen LogP contribution in [0.25, 0.3) is 144 Å². The highest BCUT2D eigenvalue weighted by Crippen LogP contribution is 2.46. The van der Waals surface area contributed by atoms with E-state index in [-0.39, 0.29) is 0 Å². The molecule has 0 N–H and O–H groups in total. The lowest BCUT2D eigenvalue weighted by atomic mass is 9.92. The van der Waals surface area contributed by atoms with E-state index in [9.17, 15) is 0 Å². The summed E-state index contributed by atoms with van der Waals surface area (Å²) in [5, 5.41) is 6.19. The molecule has 352 valence electrons. The number of furan rings is 2. The van der Waals surface area contributed by atoms with Crippen molar-refractivity contribution in [2.24, 2.45) is 0 Å². The van der Waals surface area contributed by atoms with E-state index in [1.54, 1.807) is 0 Å². The Hall–Kier alpha value is -10.2. The molecule has 0 spiro atoms. The zero-order valence-electron chi connectivity index (χ0n) is 40.6. The maximum Gasteiger partial charge on any atom is 0.167 e. The van der Waals surface area contributed by atoms with E-state index in [1.165, 1.54) is 0 Å². The van der Waals surface area contributed by atoms with E-state index < -0.39 is 0 Å². The Labute approximate surface area is 432 Å². The number of para-hydroxylation sites is 3. The van der Waals surface area contributed by atoms with Crippen LogP contribution in [0.2, 0.25) is 0 Å². The fraction of sp³-hybridized carbons (Fsp3) is 0. The van der Waals surface area contributed by atoms with Gasteiger partial charge in [-0.3, -0.25) is 0 Å². The highest BCUT2D eigenvalue weighted by molar-refractivity contribution is 6.14.